The molecule has 2 aromatic rings. The highest BCUT2D eigenvalue weighted by molar-refractivity contribution is 5.93. The Bertz CT molecular complexity index is 824. The van der Waals surface area contributed by atoms with Crippen LogP contribution in [0.25, 0.3) is 10.8 Å². The highest BCUT2D eigenvalue weighted by Gasteiger charge is 2.08. The molecule has 1 atom stereocenters. The van der Waals surface area contributed by atoms with Crippen LogP contribution >= 0.6 is 0 Å². The van der Waals surface area contributed by atoms with Crippen molar-refractivity contribution < 1.29 is 19.1 Å². The van der Waals surface area contributed by atoms with Gasteiger partial charge in [-0.25, -0.2) is 9.59 Å². The Morgan fingerprint density at radius 3 is 2.50 bits per heavy atom. The van der Waals surface area contributed by atoms with Crippen molar-refractivity contribution in [3.63, 3.8) is 0 Å². The molecule has 0 radical (unpaired) electrons. The molecule has 0 aromatic heterocycles. The van der Waals surface area contributed by atoms with Crippen LogP contribution < -0.4 is 4.74 Å². The second kappa shape index (κ2) is 8.54. The molecule has 24 heavy (non-hydrogen) atoms. The molecule has 0 aliphatic carbocycles. The normalized spacial score (nSPS) is 11.6. The Kier molecular flexibility index (Phi) is 6.16. The number of esters is 2. The number of hydrogen-bond acceptors (Lipinski definition) is 4. The smallest absolute Gasteiger partial charge is 0.336 e. The van der Waals surface area contributed by atoms with Gasteiger partial charge in [0, 0.05) is 12.2 Å². The minimum Gasteiger partial charge on any atom is -0.446 e. The molecule has 0 amide bonds. The zero-order chi connectivity index (χ0) is 17.4. The van der Waals surface area contributed by atoms with Crippen LogP contribution in [0.4, 0.5) is 0 Å². The molecule has 4 nitrogen and oxygen atoms in total. The average molecular weight is 322 g/mol. The maximum atomic E-state index is 11.8. The third-order valence-corrected chi connectivity index (χ3v) is 3.23. The van der Waals surface area contributed by atoms with Crippen LogP contribution in [0.2, 0.25) is 0 Å². The molecule has 0 bridgehead atoms. The predicted molar refractivity (Wildman–Crippen MR) is 92.3 cm³/mol. The molecule has 0 heterocycles. The van der Waals surface area contributed by atoms with Crippen LogP contribution in [-0.2, 0) is 14.3 Å². The van der Waals surface area contributed by atoms with Gasteiger partial charge in [-0.3, -0.25) is 0 Å². The number of benzene rings is 2. The maximum absolute atomic E-state index is 11.8. The van der Waals surface area contributed by atoms with E-state index in [0.717, 1.165) is 22.9 Å². The van der Waals surface area contributed by atoms with Crippen LogP contribution in [-0.4, -0.2) is 18.0 Å². The fraction of sp³-hybridized carbons (Fsp3) is 0.200. The molecule has 2 aromatic carbocycles. The molecule has 0 fully saturated rings. The van der Waals surface area contributed by atoms with Gasteiger partial charge in [-0.2, -0.15) is 0 Å². The summed E-state index contributed by atoms with van der Waals surface area (Å²) >= 11 is 0. The molecule has 4 heteroatoms. The number of carbonyl (C=O) groups is 2. The van der Waals surface area contributed by atoms with Crippen molar-refractivity contribution in [3.8, 4) is 17.6 Å². The highest BCUT2D eigenvalue weighted by atomic mass is 16.5. The van der Waals surface area contributed by atoms with E-state index in [1.54, 1.807) is 19.1 Å². The Balaban J connectivity index is 1.95. The summed E-state index contributed by atoms with van der Waals surface area (Å²) < 4.78 is 10.3. The van der Waals surface area contributed by atoms with E-state index in [-0.39, 0.29) is 0 Å². The number of rotatable bonds is 5. The van der Waals surface area contributed by atoms with E-state index in [1.807, 2.05) is 37.3 Å². The van der Waals surface area contributed by atoms with Gasteiger partial charge >= 0.3 is 11.9 Å². The first-order chi connectivity index (χ1) is 11.6. The largest absolute Gasteiger partial charge is 0.446 e. The summed E-state index contributed by atoms with van der Waals surface area (Å²) in [6.45, 7) is 3.53. The van der Waals surface area contributed by atoms with Crippen molar-refractivity contribution in [3.05, 3.63) is 54.6 Å². The topological polar surface area (TPSA) is 52.6 Å². The zero-order valence-corrected chi connectivity index (χ0v) is 13.6. The Morgan fingerprint density at radius 1 is 1.08 bits per heavy atom. The lowest BCUT2D eigenvalue weighted by atomic mass is 10.1. The second-order valence-corrected chi connectivity index (χ2v) is 4.99. The van der Waals surface area contributed by atoms with E-state index in [0.29, 0.717) is 12.2 Å². The first-order valence-corrected chi connectivity index (χ1v) is 7.64. The molecule has 0 aliphatic rings. The molecule has 122 valence electrons. The van der Waals surface area contributed by atoms with Crippen LogP contribution in [0.15, 0.2) is 54.6 Å². The van der Waals surface area contributed by atoms with Gasteiger partial charge < -0.3 is 9.47 Å². The van der Waals surface area contributed by atoms with Crippen molar-refractivity contribution in [2.75, 3.05) is 0 Å². The monoisotopic (exact) mass is 322 g/mol. The molecular weight excluding hydrogens is 304 g/mol. The van der Waals surface area contributed by atoms with E-state index in [1.165, 1.54) is 0 Å². The van der Waals surface area contributed by atoms with E-state index >= 15 is 0 Å². The minimum atomic E-state index is -0.642. The molecule has 2 rings (SSSR count). The molecule has 0 aliphatic heterocycles. The minimum absolute atomic E-state index is 0.417. The van der Waals surface area contributed by atoms with E-state index in [9.17, 15) is 9.59 Å². The number of fused-ring (bicyclic) bond motifs is 1. The van der Waals surface area contributed by atoms with Gasteiger partial charge in [-0.15, -0.1) is 5.92 Å². The molecule has 0 saturated heterocycles. The Morgan fingerprint density at radius 2 is 1.79 bits per heavy atom. The first-order valence-electron chi connectivity index (χ1n) is 7.64. The summed E-state index contributed by atoms with van der Waals surface area (Å²) in [4.78, 5) is 23.4. The average Bonchev–Trinajstić information content (AvgIpc) is 2.59. The lowest BCUT2D eigenvalue weighted by Crippen LogP contribution is -2.14. The lowest BCUT2D eigenvalue weighted by Gasteiger charge is -2.07. The van der Waals surface area contributed by atoms with Gasteiger partial charge in [0.1, 0.15) is 5.75 Å². The van der Waals surface area contributed by atoms with Gasteiger partial charge in [0.15, 0.2) is 6.10 Å². The standard InChI is InChI=1S/C20H18O4/c1-3-7-17(4-2)23-19(21)12-13-20(22)24-18-11-10-15-8-5-6-9-16(15)14-18/h5-6,8-14,17H,4H2,1-2H3/b13-12+. The highest BCUT2D eigenvalue weighted by Crippen LogP contribution is 2.20. The van der Waals surface area contributed by atoms with Crippen molar-refractivity contribution in [2.45, 2.75) is 26.4 Å². The predicted octanol–water partition coefficient (Wildman–Crippen LogP) is 3.65. The summed E-state index contributed by atoms with van der Waals surface area (Å²) in [5, 5.41) is 2.02. The van der Waals surface area contributed by atoms with Gasteiger partial charge in [0.05, 0.1) is 0 Å². The van der Waals surface area contributed by atoms with Gasteiger partial charge in [0.2, 0.25) is 0 Å². The van der Waals surface area contributed by atoms with E-state index < -0.39 is 18.0 Å². The summed E-state index contributed by atoms with van der Waals surface area (Å²) in [5.41, 5.74) is 0. The van der Waals surface area contributed by atoms with Crippen LogP contribution in [0.3, 0.4) is 0 Å². The zero-order valence-electron chi connectivity index (χ0n) is 13.6. The first kappa shape index (κ1) is 17.3. The van der Waals surface area contributed by atoms with Crippen molar-refractivity contribution in [1.82, 2.24) is 0 Å². The summed E-state index contributed by atoms with van der Waals surface area (Å²) in [7, 11) is 0. The van der Waals surface area contributed by atoms with Gasteiger partial charge in [-0.05, 0) is 36.2 Å². The molecule has 0 N–H and O–H groups in total. The Hall–Kier alpha value is -3.06. The van der Waals surface area contributed by atoms with Crippen LogP contribution in [0.5, 0.6) is 5.75 Å². The summed E-state index contributed by atoms with van der Waals surface area (Å²) in [5.74, 6) is 4.61. The SMILES string of the molecule is CC#CC(CC)OC(=O)/C=C/C(=O)Oc1ccc2ccccc2c1. The number of ether oxygens (including phenoxy) is 2. The summed E-state index contributed by atoms with van der Waals surface area (Å²) in [6.07, 6.45) is 2.21. The third kappa shape index (κ3) is 4.99. The fourth-order valence-corrected chi connectivity index (χ4v) is 2.07. The van der Waals surface area contributed by atoms with Crippen molar-refractivity contribution in [2.24, 2.45) is 0 Å². The van der Waals surface area contributed by atoms with Crippen LogP contribution in [0, 0.1) is 11.8 Å². The maximum Gasteiger partial charge on any atom is 0.336 e. The second-order valence-electron chi connectivity index (χ2n) is 4.99. The fourth-order valence-electron chi connectivity index (χ4n) is 2.07. The number of hydrogen-bond donors (Lipinski definition) is 0. The molecule has 1 unspecified atom stereocenters. The van der Waals surface area contributed by atoms with E-state index in [2.05, 4.69) is 11.8 Å². The van der Waals surface area contributed by atoms with E-state index in [4.69, 9.17) is 9.47 Å². The number of carbonyl (C=O) groups excluding carboxylic acids is 2. The van der Waals surface area contributed by atoms with Crippen molar-refractivity contribution in [1.29, 1.82) is 0 Å². The van der Waals surface area contributed by atoms with Crippen molar-refractivity contribution >= 4 is 22.7 Å². The van der Waals surface area contributed by atoms with Crippen LogP contribution in [0.1, 0.15) is 20.3 Å². The quantitative estimate of drug-likeness (QED) is 0.365. The molecule has 0 saturated carbocycles. The molecule has 0 spiro atoms. The van der Waals surface area contributed by atoms with Gasteiger partial charge in [0.25, 0.3) is 0 Å². The van der Waals surface area contributed by atoms with Gasteiger partial charge in [-0.1, -0.05) is 43.2 Å². The lowest BCUT2D eigenvalue weighted by molar-refractivity contribution is -0.141. The third-order valence-electron chi connectivity index (χ3n) is 3.23. The molecular formula is C20H18O4. The Labute approximate surface area is 141 Å². The summed E-state index contributed by atoms with van der Waals surface area (Å²) in [6, 6.07) is 13.1.